The molecule has 3 aliphatic rings. The van der Waals surface area contributed by atoms with Crippen molar-refractivity contribution in [2.45, 2.75) is 68.5 Å². The molecular weight excluding hydrogens is 382 g/mol. The second-order valence-corrected chi connectivity index (χ2v) is 9.54. The fourth-order valence-electron chi connectivity index (χ4n) is 4.14. The van der Waals surface area contributed by atoms with Crippen molar-refractivity contribution < 1.29 is 27.5 Å². The van der Waals surface area contributed by atoms with Crippen LogP contribution in [0.15, 0.2) is 23.1 Å². The van der Waals surface area contributed by atoms with Gasteiger partial charge < -0.3 is 9.47 Å². The maximum atomic E-state index is 12.9. The summed E-state index contributed by atoms with van der Waals surface area (Å²) in [7, 11) is -3.98. The maximum Gasteiger partial charge on any atom is 0.338 e. The van der Waals surface area contributed by atoms with Crippen LogP contribution in [0.3, 0.4) is 0 Å². The number of nitrogens with zero attached hydrogens (tertiary/aromatic N) is 1. The number of fused-ring (bicyclic) bond motifs is 1. The summed E-state index contributed by atoms with van der Waals surface area (Å²) in [6.07, 6.45) is 7.22. The summed E-state index contributed by atoms with van der Waals surface area (Å²) in [5.74, 6) is -1.09. The topological polar surface area (TPSA) is 90.0 Å². The van der Waals surface area contributed by atoms with Crippen LogP contribution in [0.5, 0.6) is 0 Å². The maximum absolute atomic E-state index is 12.9. The zero-order chi connectivity index (χ0) is 19.7. The van der Waals surface area contributed by atoms with Gasteiger partial charge in [-0.05, 0) is 56.7 Å². The lowest BCUT2D eigenvalue weighted by molar-refractivity contribution is 0.0266. The summed E-state index contributed by atoms with van der Waals surface area (Å²) in [5.41, 5.74) is 0.266. The van der Waals surface area contributed by atoms with Gasteiger partial charge >= 0.3 is 5.97 Å². The van der Waals surface area contributed by atoms with Gasteiger partial charge in [0.1, 0.15) is 11.0 Å². The van der Waals surface area contributed by atoms with Crippen LogP contribution in [0.25, 0.3) is 0 Å². The van der Waals surface area contributed by atoms with E-state index in [0.29, 0.717) is 6.61 Å². The second-order valence-electron chi connectivity index (χ2n) is 7.71. The van der Waals surface area contributed by atoms with E-state index in [2.05, 4.69) is 0 Å². The molecule has 7 nitrogen and oxygen atoms in total. The number of amides is 1. The van der Waals surface area contributed by atoms with Crippen LogP contribution in [0.4, 0.5) is 0 Å². The summed E-state index contributed by atoms with van der Waals surface area (Å²) in [4.78, 5) is 25.0. The Labute approximate surface area is 165 Å². The second kappa shape index (κ2) is 7.83. The third-order valence-electron chi connectivity index (χ3n) is 5.71. The summed E-state index contributed by atoms with van der Waals surface area (Å²) < 4.78 is 37.7. The first-order chi connectivity index (χ1) is 13.5. The number of hydrogen-bond donors (Lipinski definition) is 0. The van der Waals surface area contributed by atoms with E-state index in [1.807, 2.05) is 0 Å². The number of rotatable bonds is 4. The van der Waals surface area contributed by atoms with Crippen molar-refractivity contribution in [2.75, 3.05) is 13.2 Å². The van der Waals surface area contributed by atoms with Crippen molar-refractivity contribution in [3.63, 3.8) is 0 Å². The molecule has 2 heterocycles. The molecular formula is C20H25NO6S. The first-order valence-electron chi connectivity index (χ1n) is 10.0. The standard InChI is InChI=1S/C20H25NO6S/c22-19-17-10-9-14(20(23)27-15-6-3-1-2-4-7-15)12-18(17)28(24,25)21(19)13-16-8-5-11-26-16/h9-10,12,15-16H,1-8,11,13H2/t16-/m0/s1. The third kappa shape index (κ3) is 3.67. The van der Waals surface area contributed by atoms with E-state index in [1.165, 1.54) is 18.2 Å². The predicted molar refractivity (Wildman–Crippen MR) is 101 cm³/mol. The van der Waals surface area contributed by atoms with Crippen LogP contribution in [-0.2, 0) is 19.5 Å². The van der Waals surface area contributed by atoms with E-state index in [9.17, 15) is 18.0 Å². The summed E-state index contributed by atoms with van der Waals surface area (Å²) >= 11 is 0. The van der Waals surface area contributed by atoms with Crippen molar-refractivity contribution in [3.8, 4) is 0 Å². The van der Waals surface area contributed by atoms with Crippen LogP contribution in [0.2, 0.25) is 0 Å². The van der Waals surface area contributed by atoms with Gasteiger partial charge in [0, 0.05) is 6.61 Å². The van der Waals surface area contributed by atoms with Gasteiger partial charge in [-0.2, -0.15) is 0 Å². The van der Waals surface area contributed by atoms with Gasteiger partial charge in [-0.25, -0.2) is 17.5 Å². The molecule has 8 heteroatoms. The zero-order valence-corrected chi connectivity index (χ0v) is 16.6. The van der Waals surface area contributed by atoms with Gasteiger partial charge in [-0.3, -0.25) is 4.79 Å². The monoisotopic (exact) mass is 407 g/mol. The molecule has 1 aliphatic carbocycles. The fourth-order valence-corrected chi connectivity index (χ4v) is 5.76. The minimum absolute atomic E-state index is 0.0116. The number of ether oxygens (including phenoxy) is 2. The van der Waals surface area contributed by atoms with Crippen LogP contribution >= 0.6 is 0 Å². The van der Waals surface area contributed by atoms with E-state index < -0.39 is 21.9 Å². The molecule has 0 spiro atoms. The summed E-state index contributed by atoms with van der Waals surface area (Å²) in [6.45, 7) is 0.592. The molecule has 1 saturated carbocycles. The van der Waals surface area contributed by atoms with Gasteiger partial charge in [-0.1, -0.05) is 12.8 Å². The Morgan fingerprint density at radius 3 is 2.54 bits per heavy atom. The highest BCUT2D eigenvalue weighted by Gasteiger charge is 2.43. The molecule has 1 amide bonds. The Morgan fingerprint density at radius 1 is 1.11 bits per heavy atom. The van der Waals surface area contributed by atoms with E-state index in [0.717, 1.165) is 55.7 Å². The number of benzene rings is 1. The summed E-state index contributed by atoms with van der Waals surface area (Å²) in [5, 5.41) is 0. The lowest BCUT2D eigenvalue weighted by Crippen LogP contribution is -2.36. The average Bonchev–Trinajstić information content (AvgIpc) is 3.15. The molecule has 0 radical (unpaired) electrons. The lowest BCUT2D eigenvalue weighted by atomic mass is 10.1. The number of carbonyl (C=O) groups is 2. The number of carbonyl (C=O) groups excluding carboxylic acids is 2. The van der Waals surface area contributed by atoms with E-state index in [1.54, 1.807) is 0 Å². The van der Waals surface area contributed by atoms with Crippen LogP contribution in [0.1, 0.15) is 72.1 Å². The first kappa shape index (κ1) is 19.4. The smallest absolute Gasteiger partial charge is 0.338 e. The highest BCUT2D eigenvalue weighted by molar-refractivity contribution is 7.90. The van der Waals surface area contributed by atoms with E-state index in [-0.39, 0.29) is 34.8 Å². The summed E-state index contributed by atoms with van der Waals surface area (Å²) in [6, 6.07) is 4.16. The molecule has 152 valence electrons. The largest absolute Gasteiger partial charge is 0.459 e. The molecule has 0 bridgehead atoms. The highest BCUT2D eigenvalue weighted by atomic mass is 32.2. The fraction of sp³-hybridized carbons (Fsp3) is 0.600. The lowest BCUT2D eigenvalue weighted by Gasteiger charge is -2.18. The van der Waals surface area contributed by atoms with Crippen molar-refractivity contribution in [1.82, 2.24) is 4.31 Å². The van der Waals surface area contributed by atoms with Crippen LogP contribution < -0.4 is 0 Å². The quantitative estimate of drug-likeness (QED) is 0.563. The van der Waals surface area contributed by atoms with Gasteiger partial charge in [0.2, 0.25) is 0 Å². The van der Waals surface area contributed by atoms with Crippen molar-refractivity contribution in [2.24, 2.45) is 0 Å². The normalized spacial score (nSPS) is 24.8. The Kier molecular flexibility index (Phi) is 5.42. The SMILES string of the molecule is O=C(OC1CCCCCC1)c1ccc2c(c1)S(=O)(=O)N(C[C@@H]1CCCO1)C2=O. The van der Waals surface area contributed by atoms with Crippen molar-refractivity contribution in [3.05, 3.63) is 29.3 Å². The van der Waals surface area contributed by atoms with Crippen LogP contribution in [-0.4, -0.2) is 50.0 Å². The minimum Gasteiger partial charge on any atom is -0.459 e. The molecule has 2 aliphatic heterocycles. The van der Waals surface area contributed by atoms with E-state index >= 15 is 0 Å². The molecule has 28 heavy (non-hydrogen) atoms. The number of esters is 1. The molecule has 1 atom stereocenters. The Hall–Kier alpha value is -1.93. The highest BCUT2D eigenvalue weighted by Crippen LogP contribution is 2.33. The molecule has 1 aromatic rings. The zero-order valence-electron chi connectivity index (χ0n) is 15.8. The molecule has 2 fully saturated rings. The van der Waals surface area contributed by atoms with Crippen LogP contribution in [0, 0.1) is 0 Å². The van der Waals surface area contributed by atoms with Gasteiger partial charge in [0.25, 0.3) is 15.9 Å². The van der Waals surface area contributed by atoms with Gasteiger partial charge in [0.15, 0.2) is 0 Å². The minimum atomic E-state index is -3.98. The molecule has 4 rings (SSSR count). The molecule has 1 aromatic carbocycles. The van der Waals surface area contributed by atoms with Gasteiger partial charge in [-0.15, -0.1) is 0 Å². The number of sulfonamides is 1. The Morgan fingerprint density at radius 2 is 1.86 bits per heavy atom. The van der Waals surface area contributed by atoms with E-state index in [4.69, 9.17) is 9.47 Å². The third-order valence-corrected chi connectivity index (χ3v) is 7.50. The molecule has 0 unspecified atom stereocenters. The molecule has 1 saturated heterocycles. The predicted octanol–water partition coefficient (Wildman–Crippen LogP) is 2.89. The Bertz CT molecular complexity index is 867. The number of hydrogen-bond acceptors (Lipinski definition) is 6. The molecule has 0 aromatic heterocycles. The average molecular weight is 407 g/mol. The molecule has 0 N–H and O–H groups in total. The first-order valence-corrected chi connectivity index (χ1v) is 11.4. The van der Waals surface area contributed by atoms with Crippen molar-refractivity contribution >= 4 is 21.9 Å². The van der Waals surface area contributed by atoms with Crippen molar-refractivity contribution in [1.29, 1.82) is 0 Å². The van der Waals surface area contributed by atoms with Gasteiger partial charge in [0.05, 0.1) is 23.8 Å². The Balaban J connectivity index is 1.53.